The van der Waals surface area contributed by atoms with Gasteiger partial charge in [0, 0.05) is 25.5 Å². The minimum Gasteiger partial charge on any atom is -0.377 e. The fourth-order valence-corrected chi connectivity index (χ4v) is 2.22. The average Bonchev–Trinajstić information content (AvgIpc) is 3.10. The summed E-state index contributed by atoms with van der Waals surface area (Å²) in [4.78, 5) is 12.3. The molecule has 7 heteroatoms. The van der Waals surface area contributed by atoms with E-state index >= 15 is 0 Å². The summed E-state index contributed by atoms with van der Waals surface area (Å²) in [5, 5.41) is 11.6. The van der Waals surface area contributed by atoms with Gasteiger partial charge >= 0.3 is 0 Å². The number of hydrogen-bond donors (Lipinski definition) is 1. The van der Waals surface area contributed by atoms with Gasteiger partial charge in [0.15, 0.2) is 0 Å². The Balaban J connectivity index is 1.69. The van der Waals surface area contributed by atoms with Gasteiger partial charge in [-0.1, -0.05) is 11.6 Å². The van der Waals surface area contributed by atoms with Crippen LogP contribution in [0.15, 0.2) is 29.5 Å². The van der Waals surface area contributed by atoms with E-state index in [1.807, 2.05) is 12.3 Å². The van der Waals surface area contributed by atoms with E-state index in [2.05, 4.69) is 15.5 Å². The maximum atomic E-state index is 12.3. The molecule has 1 aliphatic carbocycles. The first kappa shape index (κ1) is 13.2. The van der Waals surface area contributed by atoms with Crippen molar-refractivity contribution in [2.24, 2.45) is 5.92 Å². The van der Waals surface area contributed by atoms with Crippen LogP contribution in [0.2, 0.25) is 5.02 Å². The van der Waals surface area contributed by atoms with Crippen molar-refractivity contribution in [1.29, 1.82) is 0 Å². The number of aromatic nitrogens is 4. The first-order valence-electron chi connectivity index (χ1n) is 6.71. The lowest BCUT2D eigenvalue weighted by Crippen LogP contribution is -2.27. The quantitative estimate of drug-likeness (QED) is 0.879. The lowest BCUT2D eigenvalue weighted by Gasteiger charge is -2.10. The third-order valence-corrected chi connectivity index (χ3v) is 3.61. The second-order valence-corrected chi connectivity index (χ2v) is 5.40. The van der Waals surface area contributed by atoms with Gasteiger partial charge in [-0.25, -0.2) is 4.68 Å². The molecule has 2 aromatic heterocycles. The lowest BCUT2D eigenvalue weighted by molar-refractivity contribution is 0.534. The first-order valence-corrected chi connectivity index (χ1v) is 7.09. The molecule has 1 N–H and O–H groups in total. The summed E-state index contributed by atoms with van der Waals surface area (Å²) in [5.41, 5.74) is 0.277. The Morgan fingerprint density at radius 3 is 2.95 bits per heavy atom. The monoisotopic (exact) mass is 293 g/mol. The Morgan fingerprint density at radius 1 is 1.40 bits per heavy atom. The van der Waals surface area contributed by atoms with Gasteiger partial charge in [0.05, 0.1) is 17.8 Å². The predicted molar refractivity (Wildman–Crippen MR) is 76.9 cm³/mol. The standard InChI is InChI=1S/C13H16ClN5O/c14-11-8-17-19(9-10-2-3-10)13(20)12(11)15-5-7-18-6-1-4-16-18/h1,4,6,8,10,15H,2-3,5,7,9H2. The molecule has 0 atom stereocenters. The molecular formula is C13H16ClN5O. The summed E-state index contributed by atoms with van der Waals surface area (Å²) in [5.74, 6) is 0.596. The van der Waals surface area contributed by atoms with Crippen molar-refractivity contribution in [2.45, 2.75) is 25.9 Å². The molecule has 3 rings (SSSR count). The van der Waals surface area contributed by atoms with E-state index in [9.17, 15) is 4.79 Å². The summed E-state index contributed by atoms with van der Waals surface area (Å²) in [6, 6.07) is 1.86. The largest absolute Gasteiger partial charge is 0.377 e. The second-order valence-electron chi connectivity index (χ2n) is 4.99. The SMILES string of the molecule is O=c1c(NCCn2cccn2)c(Cl)cnn1CC1CC1. The molecule has 0 amide bonds. The molecule has 0 aliphatic heterocycles. The topological polar surface area (TPSA) is 64.7 Å². The van der Waals surface area contributed by atoms with Crippen LogP contribution < -0.4 is 10.9 Å². The summed E-state index contributed by atoms with van der Waals surface area (Å²) in [6.45, 7) is 1.95. The van der Waals surface area contributed by atoms with Crippen molar-refractivity contribution < 1.29 is 0 Å². The zero-order valence-electron chi connectivity index (χ0n) is 11.0. The first-order chi connectivity index (χ1) is 9.74. The molecule has 1 fully saturated rings. The molecule has 0 aromatic carbocycles. The predicted octanol–water partition coefficient (Wildman–Crippen LogP) is 1.62. The van der Waals surface area contributed by atoms with E-state index in [4.69, 9.17) is 11.6 Å². The van der Waals surface area contributed by atoms with E-state index in [1.54, 1.807) is 10.9 Å². The number of halogens is 1. The van der Waals surface area contributed by atoms with Crippen LogP contribution in [0.25, 0.3) is 0 Å². The fourth-order valence-electron chi connectivity index (χ4n) is 2.03. The van der Waals surface area contributed by atoms with Crippen LogP contribution >= 0.6 is 11.6 Å². The maximum Gasteiger partial charge on any atom is 0.291 e. The highest BCUT2D eigenvalue weighted by Crippen LogP contribution is 2.30. The van der Waals surface area contributed by atoms with Gasteiger partial charge in [0.1, 0.15) is 5.69 Å². The van der Waals surface area contributed by atoms with Crippen LogP contribution in [0.3, 0.4) is 0 Å². The molecule has 0 unspecified atom stereocenters. The zero-order valence-corrected chi connectivity index (χ0v) is 11.8. The van der Waals surface area contributed by atoms with Crippen molar-refractivity contribution in [1.82, 2.24) is 19.6 Å². The van der Waals surface area contributed by atoms with E-state index in [0.29, 0.717) is 36.3 Å². The summed E-state index contributed by atoms with van der Waals surface area (Å²) in [6.07, 6.45) is 7.49. The third kappa shape index (κ3) is 3.01. The average molecular weight is 294 g/mol. The Kier molecular flexibility index (Phi) is 3.73. The van der Waals surface area contributed by atoms with Crippen LogP contribution in [-0.4, -0.2) is 26.1 Å². The Morgan fingerprint density at radius 2 is 2.25 bits per heavy atom. The van der Waals surface area contributed by atoms with Crippen molar-refractivity contribution >= 4 is 17.3 Å². The van der Waals surface area contributed by atoms with E-state index in [0.717, 1.165) is 0 Å². The molecule has 1 aliphatic rings. The number of rotatable bonds is 6. The molecule has 2 aromatic rings. The lowest BCUT2D eigenvalue weighted by atomic mass is 10.4. The normalized spacial score (nSPS) is 14.4. The van der Waals surface area contributed by atoms with Gasteiger partial charge in [0.2, 0.25) is 0 Å². The third-order valence-electron chi connectivity index (χ3n) is 3.33. The van der Waals surface area contributed by atoms with Gasteiger partial charge in [-0.05, 0) is 24.8 Å². The van der Waals surface area contributed by atoms with E-state index in [-0.39, 0.29) is 5.56 Å². The molecule has 20 heavy (non-hydrogen) atoms. The van der Waals surface area contributed by atoms with E-state index in [1.165, 1.54) is 23.7 Å². The van der Waals surface area contributed by atoms with Crippen molar-refractivity contribution in [3.05, 3.63) is 40.0 Å². The summed E-state index contributed by atoms with van der Waals surface area (Å²) in [7, 11) is 0. The highest BCUT2D eigenvalue weighted by molar-refractivity contribution is 6.32. The number of hydrogen-bond acceptors (Lipinski definition) is 4. The van der Waals surface area contributed by atoms with Crippen LogP contribution in [0.5, 0.6) is 0 Å². The zero-order chi connectivity index (χ0) is 13.9. The summed E-state index contributed by atoms with van der Waals surface area (Å²) < 4.78 is 3.30. The fraction of sp³-hybridized carbons (Fsp3) is 0.462. The minimum absolute atomic E-state index is 0.148. The molecule has 6 nitrogen and oxygen atoms in total. The van der Waals surface area contributed by atoms with Crippen molar-refractivity contribution in [3.8, 4) is 0 Å². The van der Waals surface area contributed by atoms with Gasteiger partial charge < -0.3 is 5.32 Å². The summed E-state index contributed by atoms with van der Waals surface area (Å²) >= 11 is 6.05. The molecule has 0 radical (unpaired) electrons. The van der Waals surface area contributed by atoms with Crippen LogP contribution in [0.1, 0.15) is 12.8 Å². The number of anilines is 1. The molecule has 2 heterocycles. The smallest absolute Gasteiger partial charge is 0.291 e. The van der Waals surface area contributed by atoms with Crippen LogP contribution in [0, 0.1) is 5.92 Å². The number of nitrogens with zero attached hydrogens (tertiary/aromatic N) is 4. The van der Waals surface area contributed by atoms with Crippen LogP contribution in [-0.2, 0) is 13.1 Å². The Labute approximate surface area is 121 Å². The van der Waals surface area contributed by atoms with Gasteiger partial charge in [0.25, 0.3) is 5.56 Å². The number of nitrogens with one attached hydrogen (secondary N) is 1. The highest BCUT2D eigenvalue weighted by Gasteiger charge is 2.23. The maximum absolute atomic E-state index is 12.3. The van der Waals surface area contributed by atoms with Gasteiger partial charge in [-0.15, -0.1) is 0 Å². The molecule has 106 valence electrons. The van der Waals surface area contributed by atoms with E-state index < -0.39 is 0 Å². The van der Waals surface area contributed by atoms with Gasteiger partial charge in [-0.2, -0.15) is 10.2 Å². The molecule has 1 saturated carbocycles. The van der Waals surface area contributed by atoms with Gasteiger partial charge in [-0.3, -0.25) is 9.48 Å². The molecular weight excluding hydrogens is 278 g/mol. The minimum atomic E-state index is -0.148. The second kappa shape index (κ2) is 5.66. The molecule has 0 bridgehead atoms. The molecule has 0 saturated heterocycles. The van der Waals surface area contributed by atoms with Crippen LogP contribution in [0.4, 0.5) is 5.69 Å². The Bertz CT molecular complexity index is 633. The molecule has 0 spiro atoms. The Hall–Kier alpha value is -1.82. The van der Waals surface area contributed by atoms with Crippen molar-refractivity contribution in [3.63, 3.8) is 0 Å². The van der Waals surface area contributed by atoms with Crippen molar-refractivity contribution in [2.75, 3.05) is 11.9 Å². The highest BCUT2D eigenvalue weighted by atomic mass is 35.5.